The number of aliphatic hydroxyl groups is 1. The molecule has 2 aromatic rings. The first kappa shape index (κ1) is 11.2. The third-order valence-corrected chi connectivity index (χ3v) is 3.41. The van der Waals surface area contributed by atoms with Gasteiger partial charge >= 0.3 is 0 Å². The highest BCUT2D eigenvalue weighted by Gasteiger charge is 2.28. The van der Waals surface area contributed by atoms with Crippen molar-refractivity contribution in [2.45, 2.75) is 25.6 Å². The number of hydrogen-bond donors (Lipinski definition) is 1. The Morgan fingerprint density at radius 3 is 2.89 bits per heavy atom. The Bertz CT molecular complexity index is 568. The molecule has 2 heterocycles. The lowest BCUT2D eigenvalue weighted by Gasteiger charge is -2.30. The van der Waals surface area contributed by atoms with Crippen molar-refractivity contribution in [3.8, 4) is 5.75 Å². The molecule has 1 aromatic heterocycles. The molecule has 0 bridgehead atoms. The number of fused-ring (bicyclic) bond motifs is 1. The third kappa shape index (κ3) is 1.87. The van der Waals surface area contributed by atoms with Gasteiger partial charge in [-0.1, -0.05) is 18.2 Å². The van der Waals surface area contributed by atoms with Crippen LogP contribution in [0.3, 0.4) is 0 Å². The van der Waals surface area contributed by atoms with Gasteiger partial charge in [0.2, 0.25) is 0 Å². The summed E-state index contributed by atoms with van der Waals surface area (Å²) in [5.41, 5.74) is 3.06. The Labute approximate surface area is 106 Å². The Kier molecular flexibility index (Phi) is 2.76. The maximum absolute atomic E-state index is 10.2. The summed E-state index contributed by atoms with van der Waals surface area (Å²) in [5.74, 6) is 0.768. The number of pyridine rings is 1. The van der Waals surface area contributed by atoms with E-state index in [2.05, 4.69) is 4.98 Å². The van der Waals surface area contributed by atoms with Gasteiger partial charge in [-0.3, -0.25) is 4.98 Å². The molecule has 1 N–H and O–H groups in total. The van der Waals surface area contributed by atoms with Crippen LogP contribution < -0.4 is 4.74 Å². The van der Waals surface area contributed by atoms with Crippen LogP contribution in [0.5, 0.6) is 5.75 Å². The largest absolute Gasteiger partial charge is 0.485 e. The van der Waals surface area contributed by atoms with Crippen LogP contribution in [0, 0.1) is 6.92 Å². The first-order chi connectivity index (χ1) is 8.75. The smallest absolute Gasteiger partial charge is 0.128 e. The number of aryl methyl sites for hydroxylation is 1. The van der Waals surface area contributed by atoms with E-state index < -0.39 is 6.10 Å². The molecule has 92 valence electrons. The van der Waals surface area contributed by atoms with Crippen LogP contribution in [0.2, 0.25) is 0 Å². The molecule has 3 heteroatoms. The summed E-state index contributed by atoms with van der Waals surface area (Å²) < 4.78 is 5.97. The van der Waals surface area contributed by atoms with Gasteiger partial charge in [-0.15, -0.1) is 0 Å². The lowest BCUT2D eigenvalue weighted by atomic mass is 9.94. The molecule has 1 aliphatic heterocycles. The minimum Gasteiger partial charge on any atom is -0.485 e. The normalized spacial score (nSPS) is 22.1. The van der Waals surface area contributed by atoms with Crippen LogP contribution in [0.25, 0.3) is 0 Å². The van der Waals surface area contributed by atoms with Crippen LogP contribution in [0.1, 0.15) is 35.3 Å². The average Bonchev–Trinajstić information content (AvgIpc) is 2.39. The molecular formula is C15H15NO2. The Hall–Kier alpha value is -1.87. The van der Waals surface area contributed by atoms with Gasteiger partial charge in [-0.25, -0.2) is 0 Å². The molecule has 3 rings (SSSR count). The summed E-state index contributed by atoms with van der Waals surface area (Å²) in [4.78, 5) is 4.14. The Morgan fingerprint density at radius 2 is 2.06 bits per heavy atom. The highest BCUT2D eigenvalue weighted by molar-refractivity contribution is 5.38. The third-order valence-electron chi connectivity index (χ3n) is 3.41. The van der Waals surface area contributed by atoms with Gasteiger partial charge in [0.25, 0.3) is 0 Å². The van der Waals surface area contributed by atoms with Gasteiger partial charge in [-0.05, 0) is 24.6 Å². The molecule has 0 saturated carbocycles. The lowest BCUT2D eigenvalue weighted by Crippen LogP contribution is -2.19. The first-order valence-corrected chi connectivity index (χ1v) is 6.10. The molecule has 18 heavy (non-hydrogen) atoms. The molecule has 2 unspecified atom stereocenters. The summed E-state index contributed by atoms with van der Waals surface area (Å²) in [6.45, 7) is 2.03. The van der Waals surface area contributed by atoms with Gasteiger partial charge in [0.05, 0.1) is 6.10 Å². The van der Waals surface area contributed by atoms with E-state index in [-0.39, 0.29) is 6.10 Å². The summed E-state index contributed by atoms with van der Waals surface area (Å²) in [5, 5.41) is 10.2. The second kappa shape index (κ2) is 4.42. The zero-order valence-corrected chi connectivity index (χ0v) is 10.2. The van der Waals surface area contributed by atoms with Gasteiger partial charge in [0, 0.05) is 29.9 Å². The Balaban J connectivity index is 1.97. The molecule has 2 atom stereocenters. The number of rotatable bonds is 1. The monoisotopic (exact) mass is 241 g/mol. The number of para-hydroxylation sites is 1. The standard InChI is InChI=1S/C15H15NO2/c1-10-6-7-16-9-12(10)15-8-13(17)11-4-2-3-5-14(11)18-15/h2-7,9,13,15,17H,8H2,1H3. The van der Waals surface area contributed by atoms with Crippen LogP contribution >= 0.6 is 0 Å². The van der Waals surface area contributed by atoms with Crippen LogP contribution in [-0.4, -0.2) is 10.1 Å². The number of ether oxygens (including phenoxy) is 1. The molecule has 0 aliphatic carbocycles. The molecule has 0 spiro atoms. The molecular weight excluding hydrogens is 226 g/mol. The van der Waals surface area contributed by atoms with Crippen LogP contribution in [-0.2, 0) is 0 Å². The fraction of sp³-hybridized carbons (Fsp3) is 0.267. The zero-order valence-electron chi connectivity index (χ0n) is 10.2. The predicted octanol–water partition coefficient (Wildman–Crippen LogP) is 2.95. The summed E-state index contributed by atoms with van der Waals surface area (Å²) in [7, 11) is 0. The summed E-state index contributed by atoms with van der Waals surface area (Å²) >= 11 is 0. The van der Waals surface area contributed by atoms with E-state index in [0.29, 0.717) is 6.42 Å². The summed E-state index contributed by atoms with van der Waals surface area (Å²) in [6, 6.07) is 9.61. The van der Waals surface area contributed by atoms with Gasteiger partial charge < -0.3 is 9.84 Å². The number of benzene rings is 1. The SMILES string of the molecule is Cc1ccncc1C1CC(O)c2ccccc2O1. The molecule has 1 aliphatic rings. The van der Waals surface area contributed by atoms with Crippen LogP contribution in [0.15, 0.2) is 42.7 Å². The zero-order chi connectivity index (χ0) is 12.5. The number of nitrogens with zero attached hydrogens (tertiary/aromatic N) is 1. The number of aliphatic hydroxyl groups excluding tert-OH is 1. The second-order valence-electron chi connectivity index (χ2n) is 4.63. The van der Waals surface area contributed by atoms with Crippen molar-refractivity contribution < 1.29 is 9.84 Å². The van der Waals surface area contributed by atoms with Crippen LogP contribution in [0.4, 0.5) is 0 Å². The van der Waals surface area contributed by atoms with E-state index in [1.165, 1.54) is 0 Å². The quantitative estimate of drug-likeness (QED) is 0.834. The van der Waals surface area contributed by atoms with Crippen molar-refractivity contribution in [3.63, 3.8) is 0 Å². The van der Waals surface area contributed by atoms with Gasteiger partial charge in [0.15, 0.2) is 0 Å². The summed E-state index contributed by atoms with van der Waals surface area (Å²) in [6.07, 6.45) is 3.57. The maximum Gasteiger partial charge on any atom is 0.128 e. The topological polar surface area (TPSA) is 42.4 Å². The minimum atomic E-state index is -0.473. The van der Waals surface area contributed by atoms with E-state index in [1.807, 2.05) is 43.5 Å². The van der Waals surface area contributed by atoms with E-state index >= 15 is 0 Å². The van der Waals surface area contributed by atoms with Crippen molar-refractivity contribution in [1.29, 1.82) is 0 Å². The van der Waals surface area contributed by atoms with Gasteiger partial charge in [0.1, 0.15) is 11.9 Å². The highest BCUT2D eigenvalue weighted by atomic mass is 16.5. The molecule has 0 amide bonds. The second-order valence-corrected chi connectivity index (χ2v) is 4.63. The van der Waals surface area contributed by atoms with Gasteiger partial charge in [-0.2, -0.15) is 0 Å². The fourth-order valence-corrected chi connectivity index (χ4v) is 2.40. The van der Waals surface area contributed by atoms with Crippen molar-refractivity contribution in [3.05, 3.63) is 59.4 Å². The minimum absolute atomic E-state index is 0.122. The van der Waals surface area contributed by atoms with Crippen molar-refractivity contribution >= 4 is 0 Å². The van der Waals surface area contributed by atoms with Crippen molar-refractivity contribution in [2.24, 2.45) is 0 Å². The predicted molar refractivity (Wildman–Crippen MR) is 68.4 cm³/mol. The maximum atomic E-state index is 10.2. The van der Waals surface area contributed by atoms with Crippen molar-refractivity contribution in [1.82, 2.24) is 4.98 Å². The molecule has 0 saturated heterocycles. The molecule has 1 aromatic carbocycles. The lowest BCUT2D eigenvalue weighted by molar-refractivity contribution is 0.0653. The number of aromatic nitrogens is 1. The Morgan fingerprint density at radius 1 is 1.22 bits per heavy atom. The fourth-order valence-electron chi connectivity index (χ4n) is 2.40. The molecule has 0 radical (unpaired) electrons. The van der Waals surface area contributed by atoms with E-state index in [4.69, 9.17) is 4.74 Å². The number of hydrogen-bond acceptors (Lipinski definition) is 3. The van der Waals surface area contributed by atoms with Crippen molar-refractivity contribution in [2.75, 3.05) is 0 Å². The molecule has 3 nitrogen and oxygen atoms in total. The average molecular weight is 241 g/mol. The van der Waals surface area contributed by atoms with E-state index in [9.17, 15) is 5.11 Å². The highest BCUT2D eigenvalue weighted by Crippen LogP contribution is 2.40. The molecule has 0 fully saturated rings. The van der Waals surface area contributed by atoms with E-state index in [1.54, 1.807) is 6.20 Å². The van der Waals surface area contributed by atoms with E-state index in [0.717, 1.165) is 22.4 Å². The first-order valence-electron chi connectivity index (χ1n) is 6.10.